The van der Waals surface area contributed by atoms with E-state index in [1.165, 1.54) is 11.1 Å². The Morgan fingerprint density at radius 3 is 1.46 bits per heavy atom. The third kappa shape index (κ3) is 3.77. The molecular weight excluding hydrogens is 432 g/mol. The van der Waals surface area contributed by atoms with Crippen molar-refractivity contribution in [3.05, 3.63) is 95.3 Å². The number of nitrogens with zero attached hydrogens (tertiary/aromatic N) is 6. The SMILES string of the molecule is Cc1ccc(-c2nc3cc(Cc4ccc5c(c4)nc(-c4ccc(C)cn4)n5C)ccc3n2C)nc1. The average molecular weight is 459 g/mol. The Labute approximate surface area is 204 Å². The van der Waals surface area contributed by atoms with E-state index in [0.717, 1.165) is 62.7 Å². The highest BCUT2D eigenvalue weighted by molar-refractivity contribution is 5.82. The van der Waals surface area contributed by atoms with Crippen LogP contribution in [0.2, 0.25) is 0 Å². The number of rotatable bonds is 4. The van der Waals surface area contributed by atoms with Gasteiger partial charge in [-0.1, -0.05) is 24.3 Å². The summed E-state index contributed by atoms with van der Waals surface area (Å²) in [5, 5.41) is 0. The molecule has 0 amide bonds. The molecule has 0 saturated carbocycles. The van der Waals surface area contributed by atoms with E-state index in [1.807, 2.05) is 52.5 Å². The Hall–Kier alpha value is -4.32. The van der Waals surface area contributed by atoms with Crippen LogP contribution in [0.5, 0.6) is 0 Å². The third-order valence-electron chi connectivity index (χ3n) is 6.58. The van der Waals surface area contributed by atoms with Crippen LogP contribution in [0, 0.1) is 13.8 Å². The maximum absolute atomic E-state index is 4.90. The molecule has 0 aliphatic carbocycles. The molecule has 6 heteroatoms. The van der Waals surface area contributed by atoms with Gasteiger partial charge in [-0.3, -0.25) is 9.97 Å². The molecule has 0 unspecified atom stereocenters. The minimum absolute atomic E-state index is 0.815. The first-order valence-electron chi connectivity index (χ1n) is 11.7. The number of aromatic nitrogens is 6. The van der Waals surface area contributed by atoms with Gasteiger partial charge in [-0.2, -0.15) is 0 Å². The molecule has 0 radical (unpaired) electrons. The van der Waals surface area contributed by atoms with E-state index >= 15 is 0 Å². The molecule has 4 aromatic heterocycles. The van der Waals surface area contributed by atoms with E-state index in [9.17, 15) is 0 Å². The van der Waals surface area contributed by atoms with Crippen LogP contribution < -0.4 is 0 Å². The topological polar surface area (TPSA) is 61.4 Å². The molecular formula is C29H26N6. The van der Waals surface area contributed by atoms with Crippen molar-refractivity contribution < 1.29 is 0 Å². The molecule has 0 atom stereocenters. The Morgan fingerprint density at radius 1 is 0.600 bits per heavy atom. The van der Waals surface area contributed by atoms with E-state index in [2.05, 4.69) is 67.6 Å². The summed E-state index contributed by atoms with van der Waals surface area (Å²) in [6.45, 7) is 4.08. The van der Waals surface area contributed by atoms with Crippen LogP contribution in [0.3, 0.4) is 0 Å². The smallest absolute Gasteiger partial charge is 0.159 e. The van der Waals surface area contributed by atoms with Crippen molar-refractivity contribution in [2.24, 2.45) is 14.1 Å². The van der Waals surface area contributed by atoms with Crippen LogP contribution in [0.15, 0.2) is 73.1 Å². The zero-order chi connectivity index (χ0) is 24.1. The maximum Gasteiger partial charge on any atom is 0.159 e. The first-order valence-corrected chi connectivity index (χ1v) is 11.7. The molecule has 0 saturated heterocycles. The van der Waals surface area contributed by atoms with Gasteiger partial charge in [-0.25, -0.2) is 9.97 Å². The maximum atomic E-state index is 4.90. The summed E-state index contributed by atoms with van der Waals surface area (Å²) in [4.78, 5) is 18.9. The zero-order valence-electron chi connectivity index (χ0n) is 20.3. The number of aryl methyl sites for hydroxylation is 4. The molecule has 0 bridgehead atoms. The molecule has 2 aromatic carbocycles. The molecule has 0 fully saturated rings. The second-order valence-corrected chi connectivity index (χ2v) is 9.25. The van der Waals surface area contributed by atoms with Gasteiger partial charge in [0.2, 0.25) is 0 Å². The van der Waals surface area contributed by atoms with Crippen LogP contribution in [0.4, 0.5) is 0 Å². The van der Waals surface area contributed by atoms with E-state index in [4.69, 9.17) is 9.97 Å². The van der Waals surface area contributed by atoms with Gasteiger partial charge >= 0.3 is 0 Å². The van der Waals surface area contributed by atoms with E-state index < -0.39 is 0 Å². The fourth-order valence-corrected chi connectivity index (χ4v) is 4.60. The van der Waals surface area contributed by atoms with Gasteiger partial charge in [0.15, 0.2) is 11.6 Å². The van der Waals surface area contributed by atoms with Crippen molar-refractivity contribution in [3.8, 4) is 23.0 Å². The van der Waals surface area contributed by atoms with E-state index in [0.29, 0.717) is 0 Å². The Balaban J connectivity index is 1.32. The monoisotopic (exact) mass is 458 g/mol. The zero-order valence-corrected chi connectivity index (χ0v) is 20.3. The minimum atomic E-state index is 0.815. The van der Waals surface area contributed by atoms with Gasteiger partial charge in [0.1, 0.15) is 11.4 Å². The van der Waals surface area contributed by atoms with Crippen LogP contribution in [0.25, 0.3) is 45.1 Å². The summed E-state index contributed by atoms with van der Waals surface area (Å²) in [5.74, 6) is 1.76. The summed E-state index contributed by atoms with van der Waals surface area (Å²) in [7, 11) is 4.09. The van der Waals surface area contributed by atoms with Crippen LogP contribution >= 0.6 is 0 Å². The van der Waals surface area contributed by atoms with Gasteiger partial charge in [-0.05, 0) is 78.9 Å². The Bertz CT molecular complexity index is 1560. The van der Waals surface area contributed by atoms with E-state index in [-0.39, 0.29) is 0 Å². The lowest BCUT2D eigenvalue weighted by atomic mass is 10.0. The quantitative estimate of drug-likeness (QED) is 0.335. The van der Waals surface area contributed by atoms with Crippen LogP contribution in [0.1, 0.15) is 22.3 Å². The minimum Gasteiger partial charge on any atom is -0.326 e. The number of benzene rings is 2. The van der Waals surface area contributed by atoms with Crippen molar-refractivity contribution in [2.75, 3.05) is 0 Å². The largest absolute Gasteiger partial charge is 0.326 e. The van der Waals surface area contributed by atoms with Crippen LogP contribution in [-0.2, 0) is 20.5 Å². The fraction of sp³-hybridized carbons (Fsp3) is 0.172. The number of hydrogen-bond donors (Lipinski definition) is 0. The molecule has 6 aromatic rings. The highest BCUT2D eigenvalue weighted by Crippen LogP contribution is 2.26. The number of imidazole rings is 2. The molecule has 6 nitrogen and oxygen atoms in total. The molecule has 172 valence electrons. The molecule has 0 aliphatic heterocycles. The van der Waals surface area contributed by atoms with E-state index in [1.54, 1.807) is 0 Å². The summed E-state index contributed by atoms with van der Waals surface area (Å²) >= 11 is 0. The molecule has 6 rings (SSSR count). The Kier molecular flexibility index (Phi) is 4.95. The summed E-state index contributed by atoms with van der Waals surface area (Å²) in [6, 6.07) is 21.2. The first-order chi connectivity index (χ1) is 17.0. The predicted molar refractivity (Wildman–Crippen MR) is 140 cm³/mol. The number of pyridine rings is 2. The molecule has 0 spiro atoms. The summed E-state index contributed by atoms with van der Waals surface area (Å²) in [6.07, 6.45) is 4.58. The second kappa shape index (κ2) is 8.17. The highest BCUT2D eigenvalue weighted by atomic mass is 15.1. The van der Waals surface area contributed by atoms with Crippen molar-refractivity contribution in [1.82, 2.24) is 29.1 Å². The molecule has 0 N–H and O–H groups in total. The normalized spacial score (nSPS) is 11.5. The number of hydrogen-bond acceptors (Lipinski definition) is 4. The van der Waals surface area contributed by atoms with Gasteiger partial charge in [0.25, 0.3) is 0 Å². The highest BCUT2D eigenvalue weighted by Gasteiger charge is 2.14. The van der Waals surface area contributed by atoms with Crippen molar-refractivity contribution >= 4 is 22.1 Å². The van der Waals surface area contributed by atoms with Gasteiger partial charge in [0.05, 0.1) is 22.1 Å². The van der Waals surface area contributed by atoms with Gasteiger partial charge < -0.3 is 9.13 Å². The third-order valence-corrected chi connectivity index (χ3v) is 6.58. The lowest BCUT2D eigenvalue weighted by Crippen LogP contribution is -1.95. The molecule has 35 heavy (non-hydrogen) atoms. The van der Waals surface area contributed by atoms with Crippen molar-refractivity contribution in [2.45, 2.75) is 20.3 Å². The average Bonchev–Trinajstić information content (AvgIpc) is 3.36. The van der Waals surface area contributed by atoms with Gasteiger partial charge in [-0.15, -0.1) is 0 Å². The summed E-state index contributed by atoms with van der Waals surface area (Å²) < 4.78 is 4.22. The predicted octanol–water partition coefficient (Wildman–Crippen LogP) is 5.79. The van der Waals surface area contributed by atoms with Crippen molar-refractivity contribution in [3.63, 3.8) is 0 Å². The number of fused-ring (bicyclic) bond motifs is 2. The molecule has 0 aliphatic rings. The standard InChI is InChI=1S/C29H26N6/c1-18-5-9-22(30-16-18)28-32-24-14-20(7-11-26(24)34(28)3)13-21-8-12-27-25(15-21)33-29(35(27)4)23-10-6-19(2)17-31-23/h5-12,14-17H,13H2,1-4H3. The lowest BCUT2D eigenvalue weighted by molar-refractivity contribution is 0.949. The Morgan fingerprint density at radius 2 is 1.06 bits per heavy atom. The molecule has 4 heterocycles. The lowest BCUT2D eigenvalue weighted by Gasteiger charge is -2.04. The fourth-order valence-electron chi connectivity index (χ4n) is 4.60. The van der Waals surface area contributed by atoms with Gasteiger partial charge in [0, 0.05) is 26.5 Å². The van der Waals surface area contributed by atoms with Crippen LogP contribution in [-0.4, -0.2) is 29.1 Å². The van der Waals surface area contributed by atoms with Crippen molar-refractivity contribution in [1.29, 1.82) is 0 Å². The first kappa shape index (κ1) is 21.2. The summed E-state index contributed by atoms with van der Waals surface area (Å²) in [5.41, 5.74) is 10.6. The second-order valence-electron chi connectivity index (χ2n) is 9.25.